The molecule has 0 bridgehead atoms. The molecule has 0 aliphatic heterocycles. The number of ether oxygens (including phenoxy) is 1. The Morgan fingerprint density at radius 2 is 2.09 bits per heavy atom. The number of benzene rings is 1. The molecule has 1 aromatic rings. The van der Waals surface area contributed by atoms with Crippen LogP contribution in [0.3, 0.4) is 0 Å². The zero-order valence-electron chi connectivity index (χ0n) is 14.6. The van der Waals surface area contributed by atoms with Crippen molar-refractivity contribution in [1.29, 1.82) is 0 Å². The molecule has 23 heavy (non-hydrogen) atoms. The molecule has 1 N–H and O–H groups in total. The number of rotatable bonds is 8. The highest BCUT2D eigenvalue weighted by Crippen LogP contribution is 2.28. The van der Waals surface area contributed by atoms with Crippen LogP contribution in [0.25, 0.3) is 0 Å². The molecule has 4 heteroatoms. The van der Waals surface area contributed by atoms with E-state index in [9.17, 15) is 4.79 Å². The van der Waals surface area contributed by atoms with Gasteiger partial charge in [0.1, 0.15) is 5.75 Å². The summed E-state index contributed by atoms with van der Waals surface area (Å²) in [5.74, 6) is 1.81. The van der Waals surface area contributed by atoms with Gasteiger partial charge in [-0.25, -0.2) is 0 Å². The second-order valence-electron chi connectivity index (χ2n) is 6.35. The Morgan fingerprint density at radius 1 is 1.35 bits per heavy atom. The van der Waals surface area contributed by atoms with Gasteiger partial charge < -0.3 is 10.1 Å². The smallest absolute Gasteiger partial charge is 0.261 e. The Morgan fingerprint density at radius 3 is 2.78 bits per heavy atom. The average Bonchev–Trinajstić information content (AvgIpc) is 3.05. The van der Waals surface area contributed by atoms with E-state index in [0.717, 1.165) is 34.4 Å². The number of hydrogen-bond donors (Lipinski definition) is 1. The summed E-state index contributed by atoms with van der Waals surface area (Å²) in [4.78, 5) is 12.3. The molecule has 1 amide bonds. The van der Waals surface area contributed by atoms with Gasteiger partial charge >= 0.3 is 0 Å². The fourth-order valence-electron chi connectivity index (χ4n) is 2.88. The van der Waals surface area contributed by atoms with Crippen LogP contribution >= 0.6 is 11.8 Å². The van der Waals surface area contributed by atoms with E-state index in [1.165, 1.54) is 25.7 Å². The van der Waals surface area contributed by atoms with E-state index >= 15 is 0 Å². The van der Waals surface area contributed by atoms with Crippen LogP contribution in [0, 0.1) is 13.8 Å². The molecule has 1 atom stereocenters. The molecule has 0 unspecified atom stereocenters. The normalized spacial score (nSPS) is 16.3. The molecule has 1 aromatic carbocycles. The highest BCUT2D eigenvalue weighted by molar-refractivity contribution is 7.99. The largest absolute Gasteiger partial charge is 0.480 e. The molecule has 1 fully saturated rings. The van der Waals surface area contributed by atoms with E-state index in [1.807, 2.05) is 44.7 Å². The minimum Gasteiger partial charge on any atom is -0.480 e. The number of thioether (sulfide) groups is 1. The van der Waals surface area contributed by atoms with Crippen molar-refractivity contribution in [2.45, 2.75) is 64.2 Å². The summed E-state index contributed by atoms with van der Waals surface area (Å²) in [6.45, 7) is 6.76. The third kappa shape index (κ3) is 5.76. The lowest BCUT2D eigenvalue weighted by molar-refractivity contribution is -0.128. The van der Waals surface area contributed by atoms with Gasteiger partial charge in [-0.3, -0.25) is 4.79 Å². The Hall–Kier alpha value is -1.16. The quantitative estimate of drug-likeness (QED) is 0.722. The molecule has 0 radical (unpaired) electrons. The molecule has 1 aliphatic carbocycles. The number of hydrogen-bond acceptors (Lipinski definition) is 3. The number of amides is 1. The molecule has 1 aliphatic rings. The van der Waals surface area contributed by atoms with E-state index in [-0.39, 0.29) is 5.91 Å². The second-order valence-corrected chi connectivity index (χ2v) is 7.76. The molecule has 0 heterocycles. The van der Waals surface area contributed by atoms with Crippen molar-refractivity contribution >= 4 is 17.7 Å². The van der Waals surface area contributed by atoms with E-state index < -0.39 is 6.10 Å². The number of carbonyl (C=O) groups excluding carboxylic acids is 1. The summed E-state index contributed by atoms with van der Waals surface area (Å²) in [6.07, 6.45) is 5.68. The maximum absolute atomic E-state index is 12.3. The Kier molecular flexibility index (Phi) is 7.28. The monoisotopic (exact) mass is 335 g/mol. The number of aryl methyl sites for hydroxylation is 2. The van der Waals surface area contributed by atoms with Crippen LogP contribution in [0.15, 0.2) is 18.2 Å². The summed E-state index contributed by atoms with van der Waals surface area (Å²) in [5.41, 5.74) is 2.22. The van der Waals surface area contributed by atoms with Crippen LogP contribution < -0.4 is 10.1 Å². The van der Waals surface area contributed by atoms with E-state index in [1.54, 1.807) is 0 Å². The minimum absolute atomic E-state index is 0.000396. The summed E-state index contributed by atoms with van der Waals surface area (Å²) >= 11 is 2.00. The first kappa shape index (κ1) is 18.2. The zero-order valence-corrected chi connectivity index (χ0v) is 15.4. The summed E-state index contributed by atoms with van der Waals surface area (Å²) in [6, 6.07) is 6.10. The van der Waals surface area contributed by atoms with Crippen LogP contribution in [-0.4, -0.2) is 29.6 Å². The summed E-state index contributed by atoms with van der Waals surface area (Å²) < 4.78 is 5.95. The maximum atomic E-state index is 12.3. The molecule has 0 aromatic heterocycles. The van der Waals surface area contributed by atoms with Crippen molar-refractivity contribution in [3.05, 3.63) is 29.3 Å². The van der Waals surface area contributed by atoms with Gasteiger partial charge in [0.25, 0.3) is 5.91 Å². The highest BCUT2D eigenvalue weighted by Gasteiger charge is 2.19. The van der Waals surface area contributed by atoms with Crippen LogP contribution in [0.4, 0.5) is 0 Å². The average molecular weight is 336 g/mol. The number of nitrogens with one attached hydrogen (secondary N) is 1. The van der Waals surface area contributed by atoms with Crippen LogP contribution in [0.1, 0.15) is 50.2 Å². The molecule has 0 spiro atoms. The molecule has 2 rings (SSSR count). The van der Waals surface area contributed by atoms with Gasteiger partial charge in [0, 0.05) is 17.5 Å². The Labute approximate surface area is 144 Å². The van der Waals surface area contributed by atoms with Crippen molar-refractivity contribution in [2.75, 3.05) is 12.3 Å². The molecule has 0 saturated heterocycles. The lowest BCUT2D eigenvalue weighted by atomic mass is 10.1. The van der Waals surface area contributed by atoms with Gasteiger partial charge in [-0.05, 0) is 50.3 Å². The van der Waals surface area contributed by atoms with Gasteiger partial charge in [0.15, 0.2) is 6.10 Å². The van der Waals surface area contributed by atoms with E-state index in [4.69, 9.17) is 4.74 Å². The standard InChI is InChI=1S/C19H29NO2S/c1-4-17(22-18-13-14(2)9-10-15(18)3)19(21)20-11-12-23-16-7-5-6-8-16/h9-10,13,16-17H,4-8,11-12H2,1-3H3,(H,20,21)/t17-/m1/s1. The fourth-order valence-corrected chi connectivity index (χ4v) is 4.10. The Balaban J connectivity index is 1.77. The molecular weight excluding hydrogens is 306 g/mol. The minimum atomic E-state index is -0.410. The fraction of sp³-hybridized carbons (Fsp3) is 0.632. The Bertz CT molecular complexity index is 512. The lowest BCUT2D eigenvalue weighted by Crippen LogP contribution is -2.39. The van der Waals surface area contributed by atoms with Crippen LogP contribution in [-0.2, 0) is 4.79 Å². The first-order valence-corrected chi connectivity index (χ1v) is 9.78. The molecule has 128 valence electrons. The predicted molar refractivity (Wildman–Crippen MR) is 98.3 cm³/mol. The molecule has 3 nitrogen and oxygen atoms in total. The highest BCUT2D eigenvalue weighted by atomic mass is 32.2. The van der Waals surface area contributed by atoms with Gasteiger partial charge in [-0.1, -0.05) is 31.9 Å². The first-order chi connectivity index (χ1) is 11.1. The number of carbonyl (C=O) groups is 1. The van der Waals surface area contributed by atoms with Crippen molar-refractivity contribution in [3.63, 3.8) is 0 Å². The second kappa shape index (κ2) is 9.21. The third-order valence-electron chi connectivity index (χ3n) is 4.33. The van der Waals surface area contributed by atoms with Crippen molar-refractivity contribution in [2.24, 2.45) is 0 Å². The third-order valence-corrected chi connectivity index (χ3v) is 5.72. The van der Waals surface area contributed by atoms with Gasteiger partial charge in [-0.15, -0.1) is 0 Å². The summed E-state index contributed by atoms with van der Waals surface area (Å²) in [7, 11) is 0. The van der Waals surface area contributed by atoms with Crippen molar-refractivity contribution in [1.82, 2.24) is 5.32 Å². The predicted octanol–water partition coefficient (Wildman–Crippen LogP) is 4.25. The SMILES string of the molecule is CC[C@@H](Oc1cc(C)ccc1C)C(=O)NCCSC1CCCC1. The van der Waals surface area contributed by atoms with Crippen LogP contribution in [0.2, 0.25) is 0 Å². The van der Waals surface area contributed by atoms with Crippen molar-refractivity contribution < 1.29 is 9.53 Å². The van der Waals surface area contributed by atoms with Gasteiger partial charge in [0.2, 0.25) is 0 Å². The van der Waals surface area contributed by atoms with Crippen LogP contribution in [0.5, 0.6) is 5.75 Å². The summed E-state index contributed by atoms with van der Waals surface area (Å²) in [5, 5.41) is 3.83. The topological polar surface area (TPSA) is 38.3 Å². The molecular formula is C19H29NO2S. The first-order valence-electron chi connectivity index (χ1n) is 8.73. The van der Waals surface area contributed by atoms with E-state index in [0.29, 0.717) is 6.42 Å². The zero-order chi connectivity index (χ0) is 16.7. The lowest BCUT2D eigenvalue weighted by Gasteiger charge is -2.19. The van der Waals surface area contributed by atoms with E-state index in [2.05, 4.69) is 11.4 Å². The van der Waals surface area contributed by atoms with Gasteiger partial charge in [-0.2, -0.15) is 11.8 Å². The van der Waals surface area contributed by atoms with Crippen molar-refractivity contribution in [3.8, 4) is 5.75 Å². The maximum Gasteiger partial charge on any atom is 0.261 e. The van der Waals surface area contributed by atoms with Gasteiger partial charge in [0.05, 0.1) is 0 Å². The molecule has 1 saturated carbocycles.